The molecule has 0 N–H and O–H groups in total. The number of halogens is 1. The molecule has 1 saturated heterocycles. The van der Waals surface area contributed by atoms with Gasteiger partial charge in [0.15, 0.2) is 0 Å². The van der Waals surface area contributed by atoms with Crippen LogP contribution in [0.2, 0.25) is 5.02 Å². The molecule has 5 nitrogen and oxygen atoms in total. The van der Waals surface area contributed by atoms with E-state index in [0.29, 0.717) is 9.90 Å². The van der Waals surface area contributed by atoms with Gasteiger partial charge in [0, 0.05) is 50.7 Å². The molecule has 7 heteroatoms. The van der Waals surface area contributed by atoms with Gasteiger partial charge in [0.1, 0.15) is 9.88 Å². The maximum absolute atomic E-state index is 12.8. The Morgan fingerprint density at radius 2 is 1.89 bits per heavy atom. The number of nitrogens with zero attached hydrogens (tertiary/aromatic N) is 4. The first-order chi connectivity index (χ1) is 13.2. The van der Waals surface area contributed by atoms with E-state index in [2.05, 4.69) is 20.9 Å². The predicted octanol–water partition coefficient (Wildman–Crippen LogP) is 3.82. The summed E-state index contributed by atoms with van der Waals surface area (Å²) in [6.07, 6.45) is 5.34. The first-order valence-electron chi connectivity index (χ1n) is 8.82. The van der Waals surface area contributed by atoms with Crippen LogP contribution in [0.3, 0.4) is 0 Å². The number of aromatic nitrogens is 2. The molecule has 2 aromatic heterocycles. The molecule has 1 fully saturated rings. The van der Waals surface area contributed by atoms with E-state index in [1.54, 1.807) is 12.4 Å². The number of pyridine rings is 1. The highest BCUT2D eigenvalue weighted by Gasteiger charge is 2.24. The van der Waals surface area contributed by atoms with Crippen molar-refractivity contribution in [3.05, 3.63) is 70.5 Å². The van der Waals surface area contributed by atoms with Gasteiger partial charge in [0.25, 0.3) is 5.91 Å². The van der Waals surface area contributed by atoms with Crippen molar-refractivity contribution in [2.45, 2.75) is 6.54 Å². The molecule has 0 atom stereocenters. The second kappa shape index (κ2) is 8.17. The van der Waals surface area contributed by atoms with E-state index >= 15 is 0 Å². The van der Waals surface area contributed by atoms with Gasteiger partial charge in [0.05, 0.1) is 11.2 Å². The smallest absolute Gasteiger partial charge is 0.265 e. The molecule has 1 amide bonds. The van der Waals surface area contributed by atoms with E-state index in [-0.39, 0.29) is 5.91 Å². The first-order valence-corrected chi connectivity index (χ1v) is 10.0. The molecule has 138 valence electrons. The monoisotopic (exact) mass is 398 g/mol. The fraction of sp³-hybridized carbons (Fsp3) is 0.250. The molecule has 4 rings (SSSR count). The van der Waals surface area contributed by atoms with E-state index in [1.807, 2.05) is 41.4 Å². The lowest BCUT2D eigenvalue weighted by Gasteiger charge is -2.34. The zero-order valence-electron chi connectivity index (χ0n) is 14.7. The number of hydrogen-bond acceptors (Lipinski definition) is 5. The van der Waals surface area contributed by atoms with Gasteiger partial charge in [-0.15, -0.1) is 11.3 Å². The molecule has 0 radical (unpaired) electrons. The third-order valence-electron chi connectivity index (χ3n) is 4.61. The number of carbonyl (C=O) groups excluding carboxylic acids is 1. The second-order valence-corrected chi connectivity index (χ2v) is 7.88. The number of hydrogen-bond donors (Lipinski definition) is 0. The number of thiazole rings is 1. The number of amides is 1. The molecule has 1 aromatic carbocycles. The van der Waals surface area contributed by atoms with Crippen molar-refractivity contribution in [1.82, 2.24) is 19.8 Å². The summed E-state index contributed by atoms with van der Waals surface area (Å²) in [5.41, 5.74) is 2.06. The van der Waals surface area contributed by atoms with Gasteiger partial charge in [-0.05, 0) is 17.7 Å². The second-order valence-electron chi connectivity index (χ2n) is 6.44. The Balaban J connectivity index is 1.38. The van der Waals surface area contributed by atoms with Gasteiger partial charge in [-0.3, -0.25) is 14.7 Å². The molecule has 0 spiro atoms. The Morgan fingerprint density at radius 3 is 2.63 bits per heavy atom. The molecule has 1 aliphatic heterocycles. The van der Waals surface area contributed by atoms with Crippen LogP contribution < -0.4 is 0 Å². The zero-order chi connectivity index (χ0) is 18.6. The van der Waals surface area contributed by atoms with Crippen molar-refractivity contribution in [2.24, 2.45) is 0 Å². The molecule has 3 heterocycles. The maximum Gasteiger partial charge on any atom is 0.265 e. The summed E-state index contributed by atoms with van der Waals surface area (Å²) in [5.74, 6) is 0.0480. The molecular formula is C20H19ClN4OS. The van der Waals surface area contributed by atoms with Gasteiger partial charge in [-0.1, -0.05) is 35.9 Å². The number of rotatable bonds is 4. The largest absolute Gasteiger partial charge is 0.335 e. The van der Waals surface area contributed by atoms with Gasteiger partial charge < -0.3 is 4.90 Å². The van der Waals surface area contributed by atoms with Crippen LogP contribution in [0.1, 0.15) is 15.2 Å². The zero-order valence-corrected chi connectivity index (χ0v) is 16.3. The van der Waals surface area contributed by atoms with Crippen LogP contribution in [-0.4, -0.2) is 51.9 Å². The third-order valence-corrected chi connectivity index (χ3v) is 5.96. The number of carbonyl (C=O) groups is 1. The molecular weight excluding hydrogens is 380 g/mol. The predicted molar refractivity (Wildman–Crippen MR) is 108 cm³/mol. The lowest BCUT2D eigenvalue weighted by Crippen LogP contribution is -2.48. The highest BCUT2D eigenvalue weighted by atomic mass is 35.5. The lowest BCUT2D eigenvalue weighted by atomic mass is 10.2. The van der Waals surface area contributed by atoms with Gasteiger partial charge in [-0.2, -0.15) is 0 Å². The summed E-state index contributed by atoms with van der Waals surface area (Å²) in [5, 5.41) is 1.43. The summed E-state index contributed by atoms with van der Waals surface area (Å²) in [7, 11) is 0. The Morgan fingerprint density at radius 1 is 1.07 bits per heavy atom. The fourth-order valence-corrected chi connectivity index (χ4v) is 4.35. The topological polar surface area (TPSA) is 49.3 Å². The van der Waals surface area contributed by atoms with Crippen molar-refractivity contribution in [2.75, 3.05) is 26.2 Å². The van der Waals surface area contributed by atoms with Gasteiger partial charge in [0.2, 0.25) is 0 Å². The highest BCUT2D eigenvalue weighted by molar-refractivity contribution is 7.17. The van der Waals surface area contributed by atoms with Crippen molar-refractivity contribution < 1.29 is 4.79 Å². The molecule has 0 unspecified atom stereocenters. The van der Waals surface area contributed by atoms with Crippen molar-refractivity contribution in [3.8, 4) is 10.6 Å². The van der Waals surface area contributed by atoms with E-state index in [0.717, 1.165) is 43.3 Å². The highest BCUT2D eigenvalue weighted by Crippen LogP contribution is 2.31. The lowest BCUT2D eigenvalue weighted by molar-refractivity contribution is 0.0633. The first kappa shape index (κ1) is 18.1. The minimum atomic E-state index is 0.0480. The molecule has 0 saturated carbocycles. The minimum Gasteiger partial charge on any atom is -0.335 e. The van der Waals surface area contributed by atoms with Crippen LogP contribution >= 0.6 is 22.9 Å². The van der Waals surface area contributed by atoms with Crippen LogP contribution in [-0.2, 0) is 6.54 Å². The van der Waals surface area contributed by atoms with E-state index in [1.165, 1.54) is 16.9 Å². The Bertz CT molecular complexity index is 922. The van der Waals surface area contributed by atoms with Crippen LogP contribution in [0.25, 0.3) is 10.6 Å². The molecule has 0 aliphatic carbocycles. The van der Waals surface area contributed by atoms with Crippen LogP contribution in [0.15, 0.2) is 55.0 Å². The fourth-order valence-electron chi connectivity index (χ4n) is 3.15. The average Bonchev–Trinajstić information content (AvgIpc) is 3.19. The summed E-state index contributed by atoms with van der Waals surface area (Å²) in [6, 6.07) is 11.6. The number of benzene rings is 1. The van der Waals surface area contributed by atoms with Gasteiger partial charge in [-0.25, -0.2) is 4.98 Å². The Kier molecular flexibility index (Phi) is 5.48. The SMILES string of the molecule is O=C(c1cnc(-c2ccccc2Cl)s1)N1CCN(Cc2cccnc2)CC1. The van der Waals surface area contributed by atoms with Crippen LogP contribution in [0.4, 0.5) is 0 Å². The third kappa shape index (κ3) is 4.18. The van der Waals surface area contributed by atoms with Crippen LogP contribution in [0.5, 0.6) is 0 Å². The molecule has 0 bridgehead atoms. The van der Waals surface area contributed by atoms with E-state index < -0.39 is 0 Å². The van der Waals surface area contributed by atoms with Crippen molar-refractivity contribution in [1.29, 1.82) is 0 Å². The molecule has 1 aliphatic rings. The van der Waals surface area contributed by atoms with Crippen molar-refractivity contribution >= 4 is 28.8 Å². The number of piperazine rings is 1. The Labute approximate surface area is 167 Å². The van der Waals surface area contributed by atoms with Crippen molar-refractivity contribution in [3.63, 3.8) is 0 Å². The summed E-state index contributed by atoms with van der Waals surface area (Å²) >= 11 is 7.64. The normalized spacial score (nSPS) is 15.1. The van der Waals surface area contributed by atoms with Gasteiger partial charge >= 0.3 is 0 Å². The summed E-state index contributed by atoms with van der Waals surface area (Å²) < 4.78 is 0. The summed E-state index contributed by atoms with van der Waals surface area (Å²) in [6.45, 7) is 4.03. The molecule has 27 heavy (non-hydrogen) atoms. The van der Waals surface area contributed by atoms with E-state index in [9.17, 15) is 4.79 Å². The standard InChI is InChI=1S/C20H19ClN4OS/c21-17-6-2-1-5-16(17)19-23-13-18(27-19)20(26)25-10-8-24(9-11-25)14-15-4-3-7-22-12-15/h1-7,12-13H,8-11,14H2. The molecule has 3 aromatic rings. The summed E-state index contributed by atoms with van der Waals surface area (Å²) in [4.78, 5) is 26.3. The quantitative estimate of drug-likeness (QED) is 0.670. The Hall–Kier alpha value is -2.28. The van der Waals surface area contributed by atoms with E-state index in [4.69, 9.17) is 11.6 Å². The minimum absolute atomic E-state index is 0.0480. The maximum atomic E-state index is 12.8. The van der Waals surface area contributed by atoms with Crippen LogP contribution in [0, 0.1) is 0 Å². The average molecular weight is 399 g/mol.